The molecule has 2 rings (SSSR count). The van der Waals surface area contributed by atoms with Crippen molar-refractivity contribution in [2.45, 2.75) is 38.0 Å². The minimum absolute atomic E-state index is 0. The number of nitrogens with zero attached hydrogens (tertiary/aromatic N) is 1. The van der Waals surface area contributed by atoms with Gasteiger partial charge in [-0.3, -0.25) is 9.78 Å². The van der Waals surface area contributed by atoms with Crippen LogP contribution in [-0.2, 0) is 9.53 Å². The maximum absolute atomic E-state index is 12.4. The third kappa shape index (κ3) is 5.21. The Hall–Kier alpha value is -1.20. The van der Waals surface area contributed by atoms with Crippen LogP contribution in [-0.4, -0.2) is 29.6 Å². The van der Waals surface area contributed by atoms with Crippen LogP contribution in [0.3, 0.4) is 0 Å². The molecule has 0 amide bonds. The summed E-state index contributed by atoms with van der Waals surface area (Å²) in [5.74, 6) is -0.427. The van der Waals surface area contributed by atoms with E-state index < -0.39 is 5.92 Å². The minimum Gasteiger partial charge on any atom is -0.465 e. The predicted molar refractivity (Wildman–Crippen MR) is 93.4 cm³/mol. The Kier molecular flexibility index (Phi) is 8.35. The summed E-state index contributed by atoms with van der Waals surface area (Å²) in [6.07, 6.45) is 7.73. The maximum atomic E-state index is 12.4. The number of aromatic nitrogens is 1. The zero-order valence-electron chi connectivity index (χ0n) is 12.8. The van der Waals surface area contributed by atoms with Crippen molar-refractivity contribution in [1.29, 1.82) is 0 Å². The van der Waals surface area contributed by atoms with E-state index in [4.69, 9.17) is 17.0 Å². The molecule has 1 aliphatic rings. The van der Waals surface area contributed by atoms with E-state index in [2.05, 4.69) is 10.3 Å². The normalized spacial score (nSPS) is 16.2. The average Bonchev–Trinajstić information content (AvgIpc) is 2.55. The third-order valence-electron chi connectivity index (χ3n) is 3.91. The topological polar surface area (TPSA) is 51.2 Å². The van der Waals surface area contributed by atoms with E-state index >= 15 is 0 Å². The van der Waals surface area contributed by atoms with Crippen LogP contribution in [0, 0.1) is 5.92 Å². The fraction of sp³-hybridized carbons (Fsp3) is 0.562. The van der Waals surface area contributed by atoms with E-state index in [1.54, 1.807) is 19.3 Å². The lowest BCUT2D eigenvalue weighted by molar-refractivity contribution is -0.145. The Balaban J connectivity index is 0.00000242. The standard InChI is InChI=1S/C16H22N2O2S.ClH/c1-17-15(21)14(13-9-5-6-10-18-13)16(19)20-11-12-7-3-2-4-8-12;/h5-6,9-10,12,14H,2-4,7-8,11H2,1H3,(H,17,21);1H. The van der Waals surface area contributed by atoms with Gasteiger partial charge in [0.15, 0.2) is 0 Å². The maximum Gasteiger partial charge on any atom is 0.322 e. The lowest BCUT2D eigenvalue weighted by atomic mass is 9.90. The summed E-state index contributed by atoms with van der Waals surface area (Å²) < 4.78 is 5.51. The zero-order valence-corrected chi connectivity index (χ0v) is 14.4. The fourth-order valence-corrected chi connectivity index (χ4v) is 2.91. The largest absolute Gasteiger partial charge is 0.465 e. The molecule has 0 saturated heterocycles. The number of carbonyl (C=O) groups excluding carboxylic acids is 1. The van der Waals surface area contributed by atoms with Crippen molar-refractivity contribution in [3.05, 3.63) is 30.1 Å². The smallest absolute Gasteiger partial charge is 0.322 e. The number of hydrogen-bond acceptors (Lipinski definition) is 4. The SMILES string of the molecule is CNC(=S)C(C(=O)OCC1CCCCC1)c1ccccn1.Cl. The summed E-state index contributed by atoms with van der Waals surface area (Å²) in [5.41, 5.74) is 0.630. The van der Waals surface area contributed by atoms with Crippen LogP contribution in [0.1, 0.15) is 43.7 Å². The Labute approximate surface area is 143 Å². The van der Waals surface area contributed by atoms with Gasteiger partial charge in [0.2, 0.25) is 0 Å². The molecule has 1 aromatic heterocycles. The Morgan fingerprint density at radius 1 is 1.41 bits per heavy atom. The van der Waals surface area contributed by atoms with E-state index in [1.165, 1.54) is 19.3 Å². The highest BCUT2D eigenvalue weighted by molar-refractivity contribution is 7.80. The van der Waals surface area contributed by atoms with Crippen molar-refractivity contribution in [2.75, 3.05) is 13.7 Å². The van der Waals surface area contributed by atoms with Gasteiger partial charge in [0, 0.05) is 13.2 Å². The van der Waals surface area contributed by atoms with Gasteiger partial charge in [0.1, 0.15) is 5.92 Å². The second kappa shape index (κ2) is 9.74. The summed E-state index contributed by atoms with van der Waals surface area (Å²) in [6, 6.07) is 5.47. The molecule has 0 aliphatic heterocycles. The quantitative estimate of drug-likeness (QED) is 0.657. The Morgan fingerprint density at radius 3 is 2.73 bits per heavy atom. The molecule has 0 bridgehead atoms. The van der Waals surface area contributed by atoms with Gasteiger partial charge in [-0.15, -0.1) is 12.4 Å². The summed E-state index contributed by atoms with van der Waals surface area (Å²) in [4.78, 5) is 17.1. The number of pyridine rings is 1. The Bertz CT molecular complexity index is 478. The van der Waals surface area contributed by atoms with Crippen molar-refractivity contribution < 1.29 is 9.53 Å². The highest BCUT2D eigenvalue weighted by atomic mass is 35.5. The molecule has 1 saturated carbocycles. The molecule has 1 aliphatic carbocycles. The number of ether oxygens (including phenoxy) is 1. The number of hydrogen-bond donors (Lipinski definition) is 1. The lowest BCUT2D eigenvalue weighted by Crippen LogP contribution is -2.32. The van der Waals surface area contributed by atoms with E-state index in [0.29, 0.717) is 23.2 Å². The van der Waals surface area contributed by atoms with Gasteiger partial charge >= 0.3 is 5.97 Å². The summed E-state index contributed by atoms with van der Waals surface area (Å²) in [5, 5.41) is 2.87. The second-order valence-corrected chi connectivity index (χ2v) is 5.88. The number of esters is 1. The molecule has 0 aromatic carbocycles. The molecule has 4 nitrogen and oxygen atoms in total. The highest BCUT2D eigenvalue weighted by Crippen LogP contribution is 2.25. The predicted octanol–water partition coefficient (Wildman–Crippen LogP) is 3.26. The molecule has 0 radical (unpaired) electrons. The minimum atomic E-state index is -0.616. The molecule has 1 heterocycles. The first-order valence-electron chi connectivity index (χ1n) is 7.51. The number of thiocarbonyl (C=S) groups is 1. The molecule has 1 fully saturated rings. The van der Waals surface area contributed by atoms with E-state index in [0.717, 1.165) is 12.8 Å². The molecule has 6 heteroatoms. The van der Waals surface area contributed by atoms with E-state index in [-0.39, 0.29) is 18.4 Å². The fourth-order valence-electron chi connectivity index (χ4n) is 2.69. The van der Waals surface area contributed by atoms with Crippen LogP contribution in [0.4, 0.5) is 0 Å². The van der Waals surface area contributed by atoms with Gasteiger partial charge < -0.3 is 10.1 Å². The first-order chi connectivity index (χ1) is 10.2. The van der Waals surface area contributed by atoms with Gasteiger partial charge in [0.05, 0.1) is 17.3 Å². The van der Waals surface area contributed by atoms with Gasteiger partial charge in [-0.1, -0.05) is 37.5 Å². The molecule has 0 spiro atoms. The van der Waals surface area contributed by atoms with Crippen LogP contribution in [0.15, 0.2) is 24.4 Å². The second-order valence-electron chi connectivity index (χ2n) is 5.44. The van der Waals surface area contributed by atoms with E-state index in [1.807, 2.05) is 12.1 Å². The van der Waals surface area contributed by atoms with Gasteiger partial charge in [-0.05, 0) is 30.9 Å². The van der Waals surface area contributed by atoms with Crippen LogP contribution in [0.2, 0.25) is 0 Å². The highest BCUT2D eigenvalue weighted by Gasteiger charge is 2.28. The number of carbonyl (C=O) groups is 1. The molecule has 1 atom stereocenters. The van der Waals surface area contributed by atoms with Crippen molar-refractivity contribution in [3.8, 4) is 0 Å². The van der Waals surface area contributed by atoms with Crippen molar-refractivity contribution >= 4 is 35.6 Å². The summed E-state index contributed by atoms with van der Waals surface area (Å²) >= 11 is 5.25. The molecule has 1 aromatic rings. The first kappa shape index (κ1) is 18.8. The van der Waals surface area contributed by atoms with Crippen LogP contribution in [0.25, 0.3) is 0 Å². The summed E-state index contributed by atoms with van der Waals surface area (Å²) in [6.45, 7) is 0.495. The lowest BCUT2D eigenvalue weighted by Gasteiger charge is -2.23. The molecule has 1 N–H and O–H groups in total. The molecular formula is C16H23ClN2O2S. The van der Waals surface area contributed by atoms with Gasteiger partial charge in [0.25, 0.3) is 0 Å². The number of likely N-dealkylation sites (N-methyl/N-ethyl adjacent to an activating group) is 1. The number of rotatable bonds is 5. The molecule has 22 heavy (non-hydrogen) atoms. The Morgan fingerprint density at radius 2 is 2.14 bits per heavy atom. The van der Waals surface area contributed by atoms with Crippen molar-refractivity contribution in [2.24, 2.45) is 5.92 Å². The molecule has 1 unspecified atom stereocenters. The molecular weight excluding hydrogens is 320 g/mol. The van der Waals surface area contributed by atoms with Crippen LogP contribution in [0.5, 0.6) is 0 Å². The van der Waals surface area contributed by atoms with E-state index in [9.17, 15) is 4.79 Å². The van der Waals surface area contributed by atoms with Crippen LogP contribution < -0.4 is 5.32 Å². The van der Waals surface area contributed by atoms with Gasteiger partial charge in [-0.2, -0.15) is 0 Å². The first-order valence-corrected chi connectivity index (χ1v) is 7.92. The molecule has 122 valence electrons. The summed E-state index contributed by atoms with van der Waals surface area (Å²) in [7, 11) is 1.71. The monoisotopic (exact) mass is 342 g/mol. The van der Waals surface area contributed by atoms with Gasteiger partial charge in [-0.25, -0.2) is 0 Å². The average molecular weight is 343 g/mol. The van der Waals surface area contributed by atoms with Crippen molar-refractivity contribution in [3.63, 3.8) is 0 Å². The zero-order chi connectivity index (χ0) is 15.1. The van der Waals surface area contributed by atoms with Crippen molar-refractivity contribution in [1.82, 2.24) is 10.3 Å². The van der Waals surface area contributed by atoms with Crippen LogP contribution >= 0.6 is 24.6 Å². The third-order valence-corrected chi connectivity index (χ3v) is 4.35. The number of nitrogens with one attached hydrogen (secondary N) is 1. The number of halogens is 1.